The summed E-state index contributed by atoms with van der Waals surface area (Å²) in [6.07, 6.45) is 7.37. The van der Waals surface area contributed by atoms with Gasteiger partial charge in [-0.15, -0.1) is 10.2 Å². The van der Waals surface area contributed by atoms with E-state index in [1.165, 1.54) is 4.57 Å². The van der Waals surface area contributed by atoms with Crippen molar-refractivity contribution in [2.75, 3.05) is 5.32 Å². The van der Waals surface area contributed by atoms with Gasteiger partial charge in [0.15, 0.2) is 5.82 Å². The summed E-state index contributed by atoms with van der Waals surface area (Å²) in [6.45, 7) is 2.27. The third kappa shape index (κ3) is 4.16. The van der Waals surface area contributed by atoms with Crippen LogP contribution in [0.15, 0.2) is 49.2 Å². The van der Waals surface area contributed by atoms with E-state index in [1.807, 2.05) is 42.9 Å². The average molecular weight is 565 g/mol. The van der Waals surface area contributed by atoms with Gasteiger partial charge in [-0.3, -0.25) is 9.25 Å². The van der Waals surface area contributed by atoms with Crippen molar-refractivity contribution in [3.63, 3.8) is 0 Å². The van der Waals surface area contributed by atoms with Crippen molar-refractivity contribution in [2.24, 2.45) is 7.05 Å². The average Bonchev–Trinajstić information content (AvgIpc) is 3.62. The summed E-state index contributed by atoms with van der Waals surface area (Å²) in [6, 6.07) is 1.63. The van der Waals surface area contributed by atoms with E-state index in [0.29, 0.717) is 33.6 Å². The quantitative estimate of drug-likeness (QED) is 0.320. The van der Waals surface area contributed by atoms with Crippen LogP contribution in [0.1, 0.15) is 18.8 Å². The molecule has 0 amide bonds. The van der Waals surface area contributed by atoms with Crippen LogP contribution in [0.25, 0.3) is 22.6 Å². The smallest absolute Gasteiger partial charge is 0.342 e. The SMILES string of the molecule is C[C@H]1Cn2cc(-c3cc(Nc4ccnn4C)ncc3Cl)cc2-c2nnc(C(F)(F)n3cc(Cl)cn3)n21.S. The molecular formula is C22H20Cl2F2N10S. The molecule has 37 heavy (non-hydrogen) atoms. The Morgan fingerprint density at radius 2 is 1.92 bits per heavy atom. The van der Waals surface area contributed by atoms with Crippen molar-refractivity contribution in [1.82, 2.24) is 43.9 Å². The van der Waals surface area contributed by atoms with Gasteiger partial charge < -0.3 is 9.88 Å². The Labute approximate surface area is 226 Å². The highest BCUT2D eigenvalue weighted by Crippen LogP contribution is 2.40. The van der Waals surface area contributed by atoms with Crippen molar-refractivity contribution < 1.29 is 8.78 Å². The van der Waals surface area contributed by atoms with Crippen LogP contribution in [-0.2, 0) is 19.6 Å². The second-order valence-corrected chi connectivity index (χ2v) is 9.34. The van der Waals surface area contributed by atoms with Crippen molar-refractivity contribution in [3.8, 4) is 22.6 Å². The summed E-state index contributed by atoms with van der Waals surface area (Å²) in [7, 11) is 1.82. The van der Waals surface area contributed by atoms with E-state index in [0.717, 1.165) is 29.3 Å². The predicted molar refractivity (Wildman–Crippen MR) is 140 cm³/mol. The van der Waals surface area contributed by atoms with Gasteiger partial charge in [-0.25, -0.2) is 9.67 Å². The fraction of sp³-hybridized carbons (Fsp3) is 0.227. The summed E-state index contributed by atoms with van der Waals surface area (Å²) in [5, 5.41) is 19.6. The minimum absolute atomic E-state index is 0. The topological polar surface area (TPSA) is 96.2 Å². The lowest BCUT2D eigenvalue weighted by Crippen LogP contribution is -2.32. The fourth-order valence-electron chi connectivity index (χ4n) is 4.36. The van der Waals surface area contributed by atoms with E-state index in [9.17, 15) is 0 Å². The summed E-state index contributed by atoms with van der Waals surface area (Å²) >= 11 is 12.3. The van der Waals surface area contributed by atoms with Crippen LogP contribution in [0.5, 0.6) is 0 Å². The zero-order valence-corrected chi connectivity index (χ0v) is 22.0. The first-order valence-corrected chi connectivity index (χ1v) is 11.6. The fourth-order valence-corrected chi connectivity index (χ4v) is 4.71. The Bertz CT molecular complexity index is 1600. The number of anilines is 2. The number of aromatic nitrogens is 9. The van der Waals surface area contributed by atoms with E-state index < -0.39 is 11.9 Å². The van der Waals surface area contributed by atoms with E-state index in [2.05, 4.69) is 30.7 Å². The molecular weight excluding hydrogens is 545 g/mol. The largest absolute Gasteiger partial charge is 0.404 e. The van der Waals surface area contributed by atoms with Crippen molar-refractivity contribution in [3.05, 3.63) is 65.1 Å². The molecule has 0 saturated carbocycles. The lowest BCUT2D eigenvalue weighted by Gasteiger charge is -2.27. The monoisotopic (exact) mass is 564 g/mol. The highest BCUT2D eigenvalue weighted by molar-refractivity contribution is 7.59. The summed E-state index contributed by atoms with van der Waals surface area (Å²) < 4.78 is 36.2. The van der Waals surface area contributed by atoms with Crippen LogP contribution in [0.2, 0.25) is 10.0 Å². The molecule has 6 heterocycles. The second-order valence-electron chi connectivity index (χ2n) is 8.49. The van der Waals surface area contributed by atoms with Gasteiger partial charge in [0.25, 0.3) is 0 Å². The minimum Gasteiger partial charge on any atom is -0.342 e. The number of rotatable bonds is 5. The number of hydrogen-bond donors (Lipinski definition) is 1. The van der Waals surface area contributed by atoms with Crippen LogP contribution >= 0.6 is 36.7 Å². The van der Waals surface area contributed by atoms with Gasteiger partial charge in [-0.1, -0.05) is 23.2 Å². The molecule has 0 radical (unpaired) electrons. The minimum atomic E-state index is -3.54. The van der Waals surface area contributed by atoms with Crippen LogP contribution < -0.4 is 5.32 Å². The Hall–Kier alpha value is -3.42. The first-order valence-electron chi connectivity index (χ1n) is 10.9. The predicted octanol–water partition coefficient (Wildman–Crippen LogP) is 5.07. The number of hydrogen-bond acceptors (Lipinski definition) is 6. The van der Waals surface area contributed by atoms with Crippen LogP contribution in [0.3, 0.4) is 0 Å². The number of nitrogens with zero attached hydrogens (tertiary/aromatic N) is 9. The van der Waals surface area contributed by atoms with E-state index in [4.69, 9.17) is 23.2 Å². The molecule has 5 aromatic heterocycles. The lowest BCUT2D eigenvalue weighted by atomic mass is 10.1. The van der Waals surface area contributed by atoms with E-state index in [1.54, 1.807) is 17.1 Å². The number of aryl methyl sites for hydroxylation is 1. The maximum absolute atomic E-state index is 15.3. The van der Waals surface area contributed by atoms with Crippen molar-refractivity contribution >= 4 is 48.3 Å². The van der Waals surface area contributed by atoms with Gasteiger partial charge in [0.05, 0.1) is 40.4 Å². The molecule has 10 nitrogen and oxygen atoms in total. The van der Waals surface area contributed by atoms with Gasteiger partial charge in [-0.05, 0) is 19.1 Å². The Morgan fingerprint density at radius 1 is 1.11 bits per heavy atom. The number of fused-ring (bicyclic) bond motifs is 3. The zero-order chi connectivity index (χ0) is 25.2. The number of alkyl halides is 2. The molecule has 0 aliphatic carbocycles. The first-order chi connectivity index (χ1) is 17.2. The highest BCUT2D eigenvalue weighted by atomic mass is 35.5. The number of nitrogens with one attached hydrogen (secondary N) is 1. The highest BCUT2D eigenvalue weighted by Gasteiger charge is 2.44. The standard InChI is InChI=1S/C22H18Cl2F2N10.H2S/c1-12-9-34-10-13(15-6-18(27-8-16(15)24)30-19-3-4-28-33(19)2)5-17(34)20-31-32-21(36(12)20)22(25,26)35-11-14(23)7-29-35;/h3-8,10-12H,9H2,1-2H3,(H,27,30);1H2/t12-;/m0./s1. The van der Waals surface area contributed by atoms with Crippen LogP contribution in [0, 0.1) is 0 Å². The molecule has 1 atom stereocenters. The van der Waals surface area contributed by atoms with Gasteiger partial charge in [0.2, 0.25) is 5.82 Å². The molecule has 6 rings (SSSR count). The molecule has 1 aliphatic heterocycles. The third-order valence-corrected chi connectivity index (χ3v) is 6.57. The summed E-state index contributed by atoms with van der Waals surface area (Å²) in [5.41, 5.74) is 2.17. The molecule has 192 valence electrons. The van der Waals surface area contributed by atoms with Gasteiger partial charge in [0.1, 0.15) is 11.6 Å². The maximum atomic E-state index is 15.3. The Kier molecular flexibility index (Phi) is 6.24. The molecule has 0 fully saturated rings. The Morgan fingerprint density at radius 3 is 2.62 bits per heavy atom. The molecule has 0 aromatic carbocycles. The molecule has 5 aromatic rings. The maximum Gasteiger partial charge on any atom is 0.404 e. The van der Waals surface area contributed by atoms with Gasteiger partial charge in [0, 0.05) is 43.2 Å². The first kappa shape index (κ1) is 25.2. The molecule has 0 spiro atoms. The van der Waals surface area contributed by atoms with Gasteiger partial charge in [-0.2, -0.15) is 32.5 Å². The van der Waals surface area contributed by atoms with Crippen LogP contribution in [-0.4, -0.2) is 43.9 Å². The molecule has 0 saturated heterocycles. The second kappa shape index (κ2) is 9.15. The third-order valence-electron chi connectivity index (χ3n) is 6.07. The normalized spacial score (nSPS) is 14.7. The van der Waals surface area contributed by atoms with E-state index in [-0.39, 0.29) is 24.6 Å². The number of halogens is 4. The molecule has 0 unspecified atom stereocenters. The summed E-state index contributed by atoms with van der Waals surface area (Å²) in [4.78, 5) is 4.35. The van der Waals surface area contributed by atoms with Crippen molar-refractivity contribution in [1.29, 1.82) is 0 Å². The summed E-state index contributed by atoms with van der Waals surface area (Å²) in [5.74, 6) is 1.16. The Balaban J connectivity index is 0.00000280. The van der Waals surface area contributed by atoms with Crippen LogP contribution in [0.4, 0.5) is 20.4 Å². The van der Waals surface area contributed by atoms with Crippen molar-refractivity contribution in [2.45, 2.75) is 25.6 Å². The van der Waals surface area contributed by atoms with E-state index >= 15 is 8.78 Å². The number of pyridine rings is 1. The molecule has 1 N–H and O–H groups in total. The molecule has 0 bridgehead atoms. The zero-order valence-electron chi connectivity index (χ0n) is 19.4. The molecule has 1 aliphatic rings. The lowest BCUT2D eigenvalue weighted by molar-refractivity contribution is -0.0610. The van der Waals surface area contributed by atoms with Gasteiger partial charge >= 0.3 is 6.05 Å². The molecule has 15 heteroatoms.